The first-order valence-electron chi connectivity index (χ1n) is 21.7. The van der Waals surface area contributed by atoms with Gasteiger partial charge in [0, 0.05) is 73.9 Å². The number of fused-ring (bicyclic) bond motifs is 9. The molecule has 4 heteroatoms. The summed E-state index contributed by atoms with van der Waals surface area (Å²) < 4.78 is 7.69. The van der Waals surface area contributed by atoms with Crippen molar-refractivity contribution in [1.82, 2.24) is 4.57 Å². The number of aromatic nitrogens is 1. The summed E-state index contributed by atoms with van der Waals surface area (Å²) in [5, 5.41) is 7.79. The topological polar surface area (TPSA) is 8.17 Å². The third kappa shape index (κ3) is 5.99. The third-order valence-corrected chi connectivity index (χ3v) is 15.3. The molecule has 13 rings (SSSR count). The molecule has 0 radical (unpaired) electrons. The average Bonchev–Trinajstić information content (AvgIpc) is 4.05. The lowest BCUT2D eigenvalue weighted by molar-refractivity contribution is 1.18. The molecule has 300 valence electrons. The third-order valence-electron chi connectivity index (χ3n) is 12.8. The van der Waals surface area contributed by atoms with E-state index in [1.54, 1.807) is 0 Å². The Hall–Kier alpha value is -7.76. The molecule has 10 aromatic carbocycles. The molecule has 0 amide bonds. The van der Waals surface area contributed by atoms with E-state index in [4.69, 9.17) is 0 Å². The van der Waals surface area contributed by atoms with Crippen molar-refractivity contribution in [2.45, 2.75) is 0 Å². The van der Waals surface area contributed by atoms with Crippen LogP contribution < -0.4 is 4.90 Å². The van der Waals surface area contributed by atoms with E-state index in [0.29, 0.717) is 0 Å². The van der Waals surface area contributed by atoms with E-state index in [0.717, 1.165) is 22.7 Å². The van der Waals surface area contributed by atoms with Gasteiger partial charge in [0.15, 0.2) is 0 Å². The second kappa shape index (κ2) is 15.0. The maximum absolute atomic E-state index is 2.39. The first kappa shape index (κ1) is 36.9. The summed E-state index contributed by atoms with van der Waals surface area (Å²) in [6.45, 7) is 0. The zero-order valence-corrected chi connectivity index (χ0v) is 36.3. The SMILES string of the molecule is c1ccc(-n2c3ccccc3c3ccc(-c4ccc(N(c5ccc(-c6cccc7c6sc6ccccc67)cc5)c5ccc(-c6cccc7c6sc6ccccc67)cc5)cc4)cc32)cc1. The minimum absolute atomic E-state index is 1.10. The molecule has 2 nitrogen and oxygen atoms in total. The van der Waals surface area contributed by atoms with Crippen molar-refractivity contribution in [3.63, 3.8) is 0 Å². The lowest BCUT2D eigenvalue weighted by Crippen LogP contribution is -2.09. The molecule has 0 unspecified atom stereocenters. The van der Waals surface area contributed by atoms with Crippen LogP contribution in [-0.4, -0.2) is 4.57 Å². The average molecular weight is 851 g/mol. The normalized spacial score (nSPS) is 11.8. The molecule has 13 aromatic rings. The van der Waals surface area contributed by atoms with E-state index in [1.165, 1.54) is 95.5 Å². The Kier molecular flexibility index (Phi) is 8.61. The predicted molar refractivity (Wildman–Crippen MR) is 278 cm³/mol. The number of hydrogen-bond acceptors (Lipinski definition) is 3. The van der Waals surface area contributed by atoms with Crippen LogP contribution >= 0.6 is 22.7 Å². The largest absolute Gasteiger partial charge is 0.311 e. The number of anilines is 3. The highest BCUT2D eigenvalue weighted by atomic mass is 32.1. The Morgan fingerprint density at radius 2 is 0.734 bits per heavy atom. The van der Waals surface area contributed by atoms with E-state index >= 15 is 0 Å². The maximum atomic E-state index is 2.39. The standard InChI is InChI=1S/C60H38N2S2/c1-2-12-43(13-3-1)62-55-21-7-4-14-49(55)50-37-30-42(38-56(50)62)39-24-31-44(32-25-39)61(45-33-26-40(27-34-45)47-17-10-19-53-51-15-5-8-22-57(51)63-59(47)53)46-35-28-41(29-36-46)48-18-11-20-54-52-16-6-9-23-58(52)64-60(48)54/h1-38H. The van der Waals surface area contributed by atoms with Gasteiger partial charge in [-0.05, 0) is 106 Å². The van der Waals surface area contributed by atoms with Crippen LogP contribution in [0.25, 0.3) is 101 Å². The summed E-state index contributed by atoms with van der Waals surface area (Å²) in [6, 6.07) is 84.5. The fourth-order valence-corrected chi connectivity index (χ4v) is 12.3. The highest BCUT2D eigenvalue weighted by molar-refractivity contribution is 7.26. The number of benzene rings is 10. The van der Waals surface area contributed by atoms with Gasteiger partial charge in [-0.3, -0.25) is 0 Å². The van der Waals surface area contributed by atoms with Crippen molar-refractivity contribution in [1.29, 1.82) is 0 Å². The van der Waals surface area contributed by atoms with E-state index in [1.807, 2.05) is 22.7 Å². The second-order valence-corrected chi connectivity index (χ2v) is 18.6. The molecular formula is C60H38N2S2. The Morgan fingerprint density at radius 3 is 1.30 bits per heavy atom. The van der Waals surface area contributed by atoms with Crippen LogP contribution in [0.2, 0.25) is 0 Å². The molecule has 0 N–H and O–H groups in total. The molecule has 0 bridgehead atoms. The van der Waals surface area contributed by atoms with Gasteiger partial charge in [0.2, 0.25) is 0 Å². The first-order valence-corrected chi connectivity index (χ1v) is 23.4. The fraction of sp³-hybridized carbons (Fsp3) is 0. The van der Waals surface area contributed by atoms with Gasteiger partial charge in [0.1, 0.15) is 0 Å². The van der Waals surface area contributed by atoms with Gasteiger partial charge in [-0.2, -0.15) is 0 Å². The van der Waals surface area contributed by atoms with Gasteiger partial charge >= 0.3 is 0 Å². The smallest absolute Gasteiger partial charge is 0.0547 e. The molecule has 64 heavy (non-hydrogen) atoms. The van der Waals surface area contributed by atoms with Crippen LogP contribution in [0.1, 0.15) is 0 Å². The molecule has 0 aliphatic rings. The Labute approximate surface area is 378 Å². The highest BCUT2D eigenvalue weighted by Crippen LogP contribution is 2.44. The van der Waals surface area contributed by atoms with Gasteiger partial charge in [-0.25, -0.2) is 0 Å². The zero-order valence-electron chi connectivity index (χ0n) is 34.7. The van der Waals surface area contributed by atoms with Gasteiger partial charge in [0.05, 0.1) is 11.0 Å². The molecule has 3 heterocycles. The summed E-state index contributed by atoms with van der Waals surface area (Å²) in [6.07, 6.45) is 0. The van der Waals surface area contributed by atoms with Crippen LogP contribution in [0.15, 0.2) is 231 Å². The van der Waals surface area contributed by atoms with Crippen molar-refractivity contribution in [2.24, 2.45) is 0 Å². The minimum Gasteiger partial charge on any atom is -0.311 e. The summed E-state index contributed by atoms with van der Waals surface area (Å²) >= 11 is 3.76. The van der Waals surface area contributed by atoms with Crippen LogP contribution in [-0.2, 0) is 0 Å². The Morgan fingerprint density at radius 1 is 0.297 bits per heavy atom. The number of thiophene rings is 2. The van der Waals surface area contributed by atoms with Crippen LogP contribution in [0, 0.1) is 0 Å². The van der Waals surface area contributed by atoms with Crippen molar-refractivity contribution < 1.29 is 0 Å². The summed E-state index contributed by atoms with van der Waals surface area (Å²) in [4.78, 5) is 2.38. The van der Waals surface area contributed by atoms with E-state index < -0.39 is 0 Å². The lowest BCUT2D eigenvalue weighted by Gasteiger charge is -2.26. The van der Waals surface area contributed by atoms with Crippen molar-refractivity contribution >= 4 is 102 Å². The molecular weight excluding hydrogens is 813 g/mol. The summed E-state index contributed by atoms with van der Waals surface area (Å²) in [5.74, 6) is 0. The zero-order chi connectivity index (χ0) is 42.1. The summed E-state index contributed by atoms with van der Waals surface area (Å²) in [5.41, 5.74) is 14.2. The monoisotopic (exact) mass is 850 g/mol. The number of rotatable bonds is 7. The molecule has 0 spiro atoms. The minimum atomic E-state index is 1.10. The van der Waals surface area contributed by atoms with Crippen molar-refractivity contribution in [3.8, 4) is 39.1 Å². The van der Waals surface area contributed by atoms with E-state index in [2.05, 4.69) is 240 Å². The van der Waals surface area contributed by atoms with Gasteiger partial charge in [0.25, 0.3) is 0 Å². The van der Waals surface area contributed by atoms with Gasteiger partial charge < -0.3 is 9.47 Å². The number of hydrogen-bond donors (Lipinski definition) is 0. The van der Waals surface area contributed by atoms with Gasteiger partial charge in [-0.1, -0.05) is 158 Å². The quantitative estimate of drug-likeness (QED) is 0.155. The van der Waals surface area contributed by atoms with Crippen LogP contribution in [0.5, 0.6) is 0 Å². The first-order chi connectivity index (χ1) is 31.7. The summed E-state index contributed by atoms with van der Waals surface area (Å²) in [7, 11) is 0. The maximum Gasteiger partial charge on any atom is 0.0547 e. The van der Waals surface area contributed by atoms with Gasteiger partial charge in [-0.15, -0.1) is 22.7 Å². The number of para-hydroxylation sites is 2. The van der Waals surface area contributed by atoms with Crippen molar-refractivity contribution in [2.75, 3.05) is 4.90 Å². The van der Waals surface area contributed by atoms with Crippen LogP contribution in [0.3, 0.4) is 0 Å². The highest BCUT2D eigenvalue weighted by Gasteiger charge is 2.18. The molecule has 3 aromatic heterocycles. The van der Waals surface area contributed by atoms with E-state index in [-0.39, 0.29) is 0 Å². The van der Waals surface area contributed by atoms with Crippen LogP contribution in [0.4, 0.5) is 17.1 Å². The van der Waals surface area contributed by atoms with Crippen molar-refractivity contribution in [3.05, 3.63) is 231 Å². The van der Waals surface area contributed by atoms with E-state index in [9.17, 15) is 0 Å². The predicted octanol–water partition coefficient (Wildman–Crippen LogP) is 18.0. The molecule has 0 fully saturated rings. The number of nitrogens with zero attached hydrogens (tertiary/aromatic N) is 2. The lowest BCUT2D eigenvalue weighted by atomic mass is 10.0. The molecule has 0 saturated carbocycles. The molecule has 0 aliphatic carbocycles. The fourth-order valence-electron chi connectivity index (χ4n) is 9.78. The molecule has 0 aliphatic heterocycles. The molecule has 0 atom stereocenters. The Balaban J connectivity index is 0.907. The Bertz CT molecular complexity index is 3720. The second-order valence-electron chi connectivity index (χ2n) is 16.5. The molecule has 0 saturated heterocycles.